The fourth-order valence-corrected chi connectivity index (χ4v) is 1.81. The molecule has 0 radical (unpaired) electrons. The number of carbonyl (C=O) groups is 1. The van der Waals surface area contributed by atoms with Crippen LogP contribution in [0.25, 0.3) is 0 Å². The zero-order valence-electron chi connectivity index (χ0n) is 10.3. The average Bonchev–Trinajstić information content (AvgIpc) is 2.39. The molecule has 0 unspecified atom stereocenters. The number of rotatable bonds is 4. The summed E-state index contributed by atoms with van der Waals surface area (Å²) in [6.45, 7) is 2.07. The topological polar surface area (TPSA) is 59.4 Å². The van der Waals surface area contributed by atoms with Gasteiger partial charge in [-0.05, 0) is 47.1 Å². The van der Waals surface area contributed by atoms with Crippen molar-refractivity contribution in [2.75, 3.05) is 0 Å². The zero-order valence-corrected chi connectivity index (χ0v) is 11.8. The highest BCUT2D eigenvalue weighted by atomic mass is 79.9. The van der Waals surface area contributed by atoms with Gasteiger partial charge in [-0.3, -0.25) is 4.98 Å². The van der Waals surface area contributed by atoms with Crippen LogP contribution in [-0.4, -0.2) is 16.1 Å². The molecule has 0 atom stereocenters. The molecule has 1 aromatic heterocycles. The van der Waals surface area contributed by atoms with E-state index in [2.05, 4.69) is 20.9 Å². The Kier molecular flexibility index (Phi) is 4.16. The molecule has 4 nitrogen and oxygen atoms in total. The predicted molar refractivity (Wildman–Crippen MR) is 74.4 cm³/mol. The standard InChI is InChI=1S/C14H12BrNO3/c1-9-2-5-13(12(6-9)14(17)18)19-8-11-4-3-10(15)7-16-11/h2-7H,8H2,1H3,(H,17,18). The number of hydrogen-bond donors (Lipinski definition) is 1. The molecule has 0 saturated heterocycles. The largest absolute Gasteiger partial charge is 0.486 e. The molecule has 0 aliphatic carbocycles. The Labute approximate surface area is 119 Å². The molecular formula is C14H12BrNO3. The normalized spacial score (nSPS) is 10.2. The van der Waals surface area contributed by atoms with Crippen LogP contribution in [0.5, 0.6) is 5.75 Å². The van der Waals surface area contributed by atoms with Crippen molar-refractivity contribution in [3.8, 4) is 5.75 Å². The van der Waals surface area contributed by atoms with E-state index >= 15 is 0 Å². The molecule has 1 heterocycles. The maximum absolute atomic E-state index is 11.1. The van der Waals surface area contributed by atoms with E-state index in [1.54, 1.807) is 18.3 Å². The van der Waals surface area contributed by atoms with E-state index in [0.29, 0.717) is 5.75 Å². The summed E-state index contributed by atoms with van der Waals surface area (Å²) in [5.41, 5.74) is 1.78. The Morgan fingerprint density at radius 2 is 2.16 bits per heavy atom. The van der Waals surface area contributed by atoms with Crippen molar-refractivity contribution in [3.63, 3.8) is 0 Å². The minimum absolute atomic E-state index is 0.164. The first-order valence-electron chi connectivity index (χ1n) is 5.63. The smallest absolute Gasteiger partial charge is 0.339 e. The Balaban J connectivity index is 2.15. The van der Waals surface area contributed by atoms with Crippen LogP contribution >= 0.6 is 15.9 Å². The number of aromatic carboxylic acids is 1. The van der Waals surface area contributed by atoms with Crippen molar-refractivity contribution in [3.05, 3.63) is 57.8 Å². The van der Waals surface area contributed by atoms with Gasteiger partial charge in [0.2, 0.25) is 0 Å². The SMILES string of the molecule is Cc1ccc(OCc2ccc(Br)cn2)c(C(=O)O)c1. The number of pyridine rings is 1. The van der Waals surface area contributed by atoms with Gasteiger partial charge in [0.15, 0.2) is 0 Å². The number of benzene rings is 1. The van der Waals surface area contributed by atoms with Crippen LogP contribution < -0.4 is 4.74 Å². The lowest BCUT2D eigenvalue weighted by molar-refractivity contribution is 0.0691. The molecule has 19 heavy (non-hydrogen) atoms. The fourth-order valence-electron chi connectivity index (χ4n) is 1.58. The molecule has 0 spiro atoms. The summed E-state index contributed by atoms with van der Waals surface area (Å²) in [7, 11) is 0. The van der Waals surface area contributed by atoms with Crippen molar-refractivity contribution >= 4 is 21.9 Å². The van der Waals surface area contributed by atoms with Gasteiger partial charge in [0.25, 0.3) is 0 Å². The van der Waals surface area contributed by atoms with Gasteiger partial charge in [-0.25, -0.2) is 4.79 Å². The van der Waals surface area contributed by atoms with Gasteiger partial charge >= 0.3 is 5.97 Å². The molecule has 5 heteroatoms. The second-order valence-electron chi connectivity index (χ2n) is 4.06. The molecule has 0 aliphatic heterocycles. The van der Waals surface area contributed by atoms with E-state index in [1.165, 1.54) is 0 Å². The van der Waals surface area contributed by atoms with Gasteiger partial charge in [-0.15, -0.1) is 0 Å². The van der Waals surface area contributed by atoms with Gasteiger partial charge < -0.3 is 9.84 Å². The number of aromatic nitrogens is 1. The number of carboxylic acids is 1. The summed E-state index contributed by atoms with van der Waals surface area (Å²) in [4.78, 5) is 15.3. The Hall–Kier alpha value is -1.88. The van der Waals surface area contributed by atoms with Crippen molar-refractivity contribution in [2.45, 2.75) is 13.5 Å². The fraction of sp³-hybridized carbons (Fsp3) is 0.143. The predicted octanol–water partition coefficient (Wildman–Crippen LogP) is 3.43. The number of nitrogens with zero attached hydrogens (tertiary/aromatic N) is 1. The lowest BCUT2D eigenvalue weighted by atomic mass is 10.1. The summed E-state index contributed by atoms with van der Waals surface area (Å²) in [5, 5.41) is 9.12. The van der Waals surface area contributed by atoms with E-state index in [9.17, 15) is 4.79 Å². The van der Waals surface area contributed by atoms with Gasteiger partial charge in [0.1, 0.15) is 17.9 Å². The molecule has 0 saturated carbocycles. The highest BCUT2D eigenvalue weighted by Crippen LogP contribution is 2.21. The molecule has 0 amide bonds. The van der Waals surface area contributed by atoms with E-state index in [4.69, 9.17) is 9.84 Å². The number of hydrogen-bond acceptors (Lipinski definition) is 3. The Morgan fingerprint density at radius 1 is 1.37 bits per heavy atom. The summed E-state index contributed by atoms with van der Waals surface area (Å²) in [6.07, 6.45) is 1.67. The van der Waals surface area contributed by atoms with Crippen molar-refractivity contribution in [1.82, 2.24) is 4.98 Å². The molecule has 1 aromatic carbocycles. The third kappa shape index (κ3) is 3.54. The van der Waals surface area contributed by atoms with Crippen LogP contribution in [0.1, 0.15) is 21.6 Å². The van der Waals surface area contributed by atoms with Crippen LogP contribution in [0.15, 0.2) is 41.0 Å². The van der Waals surface area contributed by atoms with Crippen molar-refractivity contribution < 1.29 is 14.6 Å². The minimum Gasteiger partial charge on any atom is -0.486 e. The highest BCUT2D eigenvalue weighted by molar-refractivity contribution is 9.10. The molecule has 98 valence electrons. The first-order chi connectivity index (χ1) is 9.06. The van der Waals surface area contributed by atoms with E-state index in [1.807, 2.05) is 25.1 Å². The second kappa shape index (κ2) is 5.84. The van der Waals surface area contributed by atoms with Crippen LogP contribution in [0.4, 0.5) is 0 Å². The van der Waals surface area contributed by atoms with Gasteiger partial charge in [0, 0.05) is 10.7 Å². The Morgan fingerprint density at radius 3 is 2.79 bits per heavy atom. The second-order valence-corrected chi connectivity index (χ2v) is 4.98. The molecule has 1 N–H and O–H groups in total. The van der Waals surface area contributed by atoms with Gasteiger partial charge in [-0.1, -0.05) is 11.6 Å². The first kappa shape index (κ1) is 13.5. The van der Waals surface area contributed by atoms with Gasteiger partial charge in [0.05, 0.1) is 5.69 Å². The molecule has 2 aromatic rings. The van der Waals surface area contributed by atoms with Crippen LogP contribution in [0.3, 0.4) is 0 Å². The lowest BCUT2D eigenvalue weighted by Crippen LogP contribution is -2.04. The molecule has 0 aliphatic rings. The third-order valence-electron chi connectivity index (χ3n) is 2.53. The summed E-state index contributed by atoms with van der Waals surface area (Å²) < 4.78 is 6.41. The quantitative estimate of drug-likeness (QED) is 0.937. The minimum atomic E-state index is -0.998. The Bertz CT molecular complexity index is 596. The monoisotopic (exact) mass is 321 g/mol. The molecule has 0 bridgehead atoms. The number of carboxylic acid groups (broad SMARTS) is 1. The molecule has 0 fully saturated rings. The highest BCUT2D eigenvalue weighted by Gasteiger charge is 2.11. The third-order valence-corrected chi connectivity index (χ3v) is 3.00. The first-order valence-corrected chi connectivity index (χ1v) is 6.43. The number of halogens is 1. The maximum atomic E-state index is 11.1. The van der Waals surface area contributed by atoms with E-state index in [0.717, 1.165) is 15.7 Å². The number of aryl methyl sites for hydroxylation is 1. The van der Waals surface area contributed by atoms with Crippen LogP contribution in [0.2, 0.25) is 0 Å². The summed E-state index contributed by atoms with van der Waals surface area (Å²) >= 11 is 3.30. The average molecular weight is 322 g/mol. The molecule has 2 rings (SSSR count). The maximum Gasteiger partial charge on any atom is 0.339 e. The van der Waals surface area contributed by atoms with Crippen molar-refractivity contribution in [1.29, 1.82) is 0 Å². The van der Waals surface area contributed by atoms with Gasteiger partial charge in [-0.2, -0.15) is 0 Å². The van der Waals surface area contributed by atoms with E-state index < -0.39 is 5.97 Å². The van der Waals surface area contributed by atoms with Crippen molar-refractivity contribution in [2.24, 2.45) is 0 Å². The van der Waals surface area contributed by atoms with E-state index in [-0.39, 0.29) is 12.2 Å². The molecular weight excluding hydrogens is 310 g/mol. The summed E-state index contributed by atoms with van der Waals surface area (Å²) in [5.74, 6) is -0.648. The number of ether oxygens (including phenoxy) is 1. The van der Waals surface area contributed by atoms with Crippen LogP contribution in [-0.2, 0) is 6.61 Å². The summed E-state index contributed by atoms with van der Waals surface area (Å²) in [6, 6.07) is 8.75. The zero-order chi connectivity index (χ0) is 13.8. The lowest BCUT2D eigenvalue weighted by Gasteiger charge is -2.09. The van der Waals surface area contributed by atoms with Crippen LogP contribution in [0, 0.1) is 6.92 Å².